The van der Waals surface area contributed by atoms with Crippen LogP contribution in [0.15, 0.2) is 23.6 Å². The monoisotopic (exact) mass is 295 g/mol. The van der Waals surface area contributed by atoms with Gasteiger partial charge in [0, 0.05) is 10.9 Å². The van der Waals surface area contributed by atoms with E-state index in [1.165, 1.54) is 22.6 Å². The number of rotatable bonds is 2. The Morgan fingerprint density at radius 3 is 2.95 bits per heavy atom. The summed E-state index contributed by atoms with van der Waals surface area (Å²) in [6.45, 7) is 2.63. The molecule has 0 aliphatic carbocycles. The molecule has 0 aliphatic rings. The fourth-order valence-corrected chi connectivity index (χ4v) is 3.07. The maximum absolute atomic E-state index is 13.6. The Bertz CT molecular complexity index is 763. The number of fused-ring (bicyclic) bond motifs is 1. The van der Waals surface area contributed by atoms with Gasteiger partial charge >= 0.3 is 0 Å². The fraction of sp³-hybridized carbons (Fsp3) is 0.154. The summed E-state index contributed by atoms with van der Waals surface area (Å²) in [6.07, 6.45) is 0. The fourth-order valence-electron chi connectivity index (χ4n) is 2.01. The van der Waals surface area contributed by atoms with E-state index >= 15 is 0 Å². The van der Waals surface area contributed by atoms with Gasteiger partial charge < -0.3 is 10.3 Å². The molecule has 0 atom stereocenters. The summed E-state index contributed by atoms with van der Waals surface area (Å²) in [5.41, 5.74) is 8.37. The Hall–Kier alpha value is -1.59. The molecule has 0 fully saturated rings. The first kappa shape index (κ1) is 12.4. The van der Waals surface area contributed by atoms with E-state index in [9.17, 15) is 4.39 Å². The van der Waals surface area contributed by atoms with Crippen LogP contribution in [0.1, 0.15) is 10.4 Å². The van der Waals surface area contributed by atoms with Crippen LogP contribution in [0.5, 0.6) is 0 Å². The molecule has 3 nitrogen and oxygen atoms in total. The minimum absolute atomic E-state index is 0.0597. The highest BCUT2D eigenvalue weighted by atomic mass is 35.5. The van der Waals surface area contributed by atoms with Crippen molar-refractivity contribution in [3.63, 3.8) is 0 Å². The van der Waals surface area contributed by atoms with Crippen molar-refractivity contribution in [3.8, 4) is 0 Å². The number of nitrogens with two attached hydrogens (primary N) is 1. The third-order valence-corrected chi connectivity index (χ3v) is 4.39. The van der Waals surface area contributed by atoms with Crippen molar-refractivity contribution >= 4 is 39.9 Å². The number of halogens is 2. The molecule has 0 bridgehead atoms. The van der Waals surface area contributed by atoms with Gasteiger partial charge in [0.1, 0.15) is 5.82 Å². The van der Waals surface area contributed by atoms with Gasteiger partial charge in [-0.2, -0.15) is 0 Å². The van der Waals surface area contributed by atoms with E-state index in [0.29, 0.717) is 23.5 Å². The molecule has 2 N–H and O–H groups in total. The van der Waals surface area contributed by atoms with Gasteiger partial charge in [-0.15, -0.1) is 11.3 Å². The number of imidazole rings is 1. The Labute approximate surface area is 118 Å². The van der Waals surface area contributed by atoms with E-state index < -0.39 is 5.82 Å². The second-order valence-electron chi connectivity index (χ2n) is 4.34. The van der Waals surface area contributed by atoms with Crippen molar-refractivity contribution in [1.29, 1.82) is 0 Å². The van der Waals surface area contributed by atoms with Crippen LogP contribution in [0.2, 0.25) is 5.02 Å². The molecule has 0 unspecified atom stereocenters. The summed E-state index contributed by atoms with van der Waals surface area (Å²) in [4.78, 5) is 5.40. The molecule has 1 aromatic carbocycles. The quantitative estimate of drug-likeness (QED) is 0.781. The molecular weight excluding hydrogens is 285 g/mol. The number of nitrogens with zero attached hydrogens (tertiary/aromatic N) is 2. The lowest BCUT2D eigenvalue weighted by atomic mass is 10.2. The average Bonchev–Trinajstić information content (AvgIpc) is 2.88. The molecule has 0 radical (unpaired) electrons. The molecule has 0 amide bonds. The van der Waals surface area contributed by atoms with Crippen molar-refractivity contribution < 1.29 is 4.39 Å². The Balaban J connectivity index is 2.15. The predicted molar refractivity (Wildman–Crippen MR) is 77.3 cm³/mol. The van der Waals surface area contributed by atoms with Crippen LogP contribution >= 0.6 is 22.9 Å². The van der Waals surface area contributed by atoms with E-state index in [2.05, 4.69) is 4.98 Å². The number of aryl methyl sites for hydroxylation is 1. The summed E-state index contributed by atoms with van der Waals surface area (Å²) < 4.78 is 15.4. The SMILES string of the molecule is Cc1ccsc1Cn1c(N)nc2cc(Cl)c(F)cc21. The number of hydrogen-bond donors (Lipinski definition) is 1. The summed E-state index contributed by atoms with van der Waals surface area (Å²) in [5, 5.41) is 2.08. The van der Waals surface area contributed by atoms with Crippen LogP contribution in [0.25, 0.3) is 11.0 Å². The Morgan fingerprint density at radius 2 is 2.26 bits per heavy atom. The van der Waals surface area contributed by atoms with Crippen LogP contribution in [-0.2, 0) is 6.54 Å². The van der Waals surface area contributed by atoms with Crippen LogP contribution in [0.4, 0.5) is 10.3 Å². The standard InChI is InChI=1S/C13H11ClFN3S/c1-7-2-3-19-12(7)6-18-11-5-9(15)8(14)4-10(11)17-13(18)16/h2-5H,6H2,1H3,(H2,16,17). The first-order chi connectivity index (χ1) is 9.06. The molecule has 0 spiro atoms. The summed E-state index contributed by atoms with van der Waals surface area (Å²) >= 11 is 7.40. The number of aromatic nitrogens is 2. The molecule has 98 valence electrons. The number of nitrogen functional groups attached to an aromatic ring is 1. The van der Waals surface area contributed by atoms with Gasteiger partial charge in [-0.3, -0.25) is 0 Å². The van der Waals surface area contributed by atoms with Crippen LogP contribution in [0, 0.1) is 12.7 Å². The molecule has 2 aromatic heterocycles. The highest BCUT2D eigenvalue weighted by Gasteiger charge is 2.13. The van der Waals surface area contributed by atoms with Gasteiger partial charge in [-0.1, -0.05) is 11.6 Å². The Kier molecular flexibility index (Phi) is 2.95. The minimum atomic E-state index is -0.460. The van der Waals surface area contributed by atoms with Gasteiger partial charge in [-0.25, -0.2) is 9.37 Å². The normalized spacial score (nSPS) is 11.3. The minimum Gasteiger partial charge on any atom is -0.369 e. The molecule has 3 rings (SSSR count). The lowest BCUT2D eigenvalue weighted by molar-refractivity contribution is 0.629. The lowest BCUT2D eigenvalue weighted by Crippen LogP contribution is -2.04. The maximum atomic E-state index is 13.6. The number of benzene rings is 1. The van der Waals surface area contributed by atoms with E-state index in [0.717, 1.165) is 0 Å². The van der Waals surface area contributed by atoms with Crippen molar-refractivity contribution in [2.75, 3.05) is 5.73 Å². The smallest absolute Gasteiger partial charge is 0.201 e. The van der Waals surface area contributed by atoms with Crippen molar-refractivity contribution in [2.24, 2.45) is 0 Å². The summed E-state index contributed by atoms with van der Waals surface area (Å²) in [6, 6.07) is 4.93. The Morgan fingerprint density at radius 1 is 1.47 bits per heavy atom. The highest BCUT2D eigenvalue weighted by Crippen LogP contribution is 2.27. The number of thiophene rings is 1. The number of hydrogen-bond acceptors (Lipinski definition) is 3. The topological polar surface area (TPSA) is 43.8 Å². The molecule has 3 aromatic rings. The zero-order valence-electron chi connectivity index (χ0n) is 10.2. The molecule has 6 heteroatoms. The van der Waals surface area contributed by atoms with Crippen molar-refractivity contribution in [3.05, 3.63) is 44.9 Å². The van der Waals surface area contributed by atoms with Crippen LogP contribution < -0.4 is 5.73 Å². The molecule has 0 aliphatic heterocycles. The third-order valence-electron chi connectivity index (χ3n) is 3.09. The van der Waals surface area contributed by atoms with E-state index in [4.69, 9.17) is 17.3 Å². The van der Waals surface area contributed by atoms with Gasteiger partial charge in [0.25, 0.3) is 0 Å². The second-order valence-corrected chi connectivity index (χ2v) is 5.75. The molecule has 0 saturated carbocycles. The van der Waals surface area contributed by atoms with E-state index in [1.807, 2.05) is 18.4 Å². The largest absolute Gasteiger partial charge is 0.369 e. The first-order valence-corrected chi connectivity index (χ1v) is 6.96. The zero-order valence-corrected chi connectivity index (χ0v) is 11.7. The van der Waals surface area contributed by atoms with Crippen LogP contribution in [0.3, 0.4) is 0 Å². The molecule has 0 saturated heterocycles. The maximum Gasteiger partial charge on any atom is 0.201 e. The van der Waals surface area contributed by atoms with Crippen molar-refractivity contribution in [1.82, 2.24) is 9.55 Å². The number of anilines is 1. The molecular formula is C13H11ClFN3S. The summed E-state index contributed by atoms with van der Waals surface area (Å²) in [5.74, 6) is -0.0947. The van der Waals surface area contributed by atoms with Gasteiger partial charge in [0.2, 0.25) is 5.95 Å². The predicted octanol–water partition coefficient (Wildman–Crippen LogP) is 3.83. The second kappa shape index (κ2) is 4.51. The van der Waals surface area contributed by atoms with Gasteiger partial charge in [-0.05, 0) is 30.0 Å². The molecule has 19 heavy (non-hydrogen) atoms. The lowest BCUT2D eigenvalue weighted by Gasteiger charge is -2.06. The molecule has 2 heterocycles. The van der Waals surface area contributed by atoms with Gasteiger partial charge in [0.05, 0.1) is 22.6 Å². The first-order valence-electron chi connectivity index (χ1n) is 5.70. The van der Waals surface area contributed by atoms with Crippen LogP contribution in [-0.4, -0.2) is 9.55 Å². The third kappa shape index (κ3) is 2.09. The van der Waals surface area contributed by atoms with Gasteiger partial charge in [0.15, 0.2) is 0 Å². The highest BCUT2D eigenvalue weighted by molar-refractivity contribution is 7.10. The van der Waals surface area contributed by atoms with E-state index in [-0.39, 0.29) is 5.02 Å². The summed E-state index contributed by atoms with van der Waals surface area (Å²) in [7, 11) is 0. The van der Waals surface area contributed by atoms with Crippen molar-refractivity contribution in [2.45, 2.75) is 13.5 Å². The van der Waals surface area contributed by atoms with E-state index in [1.54, 1.807) is 15.9 Å². The zero-order chi connectivity index (χ0) is 13.6. The average molecular weight is 296 g/mol.